The third-order valence-electron chi connectivity index (χ3n) is 2.50. The smallest absolute Gasteiger partial charge is 0.373 e. The summed E-state index contributed by atoms with van der Waals surface area (Å²) in [4.78, 5) is 27.9. The number of hydrogen-bond donors (Lipinski definition) is 1. The van der Waals surface area contributed by atoms with Crippen molar-refractivity contribution >= 4 is 12.1 Å². The van der Waals surface area contributed by atoms with Gasteiger partial charge in [0.15, 0.2) is 6.10 Å². The van der Waals surface area contributed by atoms with E-state index in [1.807, 2.05) is 0 Å². The fourth-order valence-corrected chi connectivity index (χ4v) is 1.68. The molecule has 1 aliphatic rings. The molecule has 0 saturated carbocycles. The third kappa shape index (κ3) is 10.7. The average Bonchev–Trinajstić information content (AvgIpc) is 3.11. The van der Waals surface area contributed by atoms with E-state index in [1.165, 1.54) is 0 Å². The van der Waals surface area contributed by atoms with Gasteiger partial charge in [-0.25, -0.2) is 0 Å². The van der Waals surface area contributed by atoms with E-state index in [0.29, 0.717) is 25.0 Å². The Morgan fingerprint density at radius 2 is 1.80 bits per heavy atom. The molecule has 0 spiro atoms. The fraction of sp³-hybridized carbons (Fsp3) is 0.857. The van der Waals surface area contributed by atoms with E-state index >= 15 is 0 Å². The van der Waals surface area contributed by atoms with E-state index in [0.717, 1.165) is 13.0 Å². The molecule has 1 N–H and O–H groups in total. The number of amides is 1. The van der Waals surface area contributed by atoms with Crippen molar-refractivity contribution in [2.75, 3.05) is 19.8 Å². The summed E-state index contributed by atoms with van der Waals surface area (Å²) in [5, 5.41) is 3.00. The van der Waals surface area contributed by atoms with Crippen LogP contribution in [0.5, 0.6) is 0 Å². The Kier molecular flexibility index (Phi) is 9.90. The van der Waals surface area contributed by atoms with Gasteiger partial charge < -0.3 is 14.8 Å². The predicted octanol–water partition coefficient (Wildman–Crippen LogP) is 1.01. The minimum absolute atomic E-state index is 0.00352. The third-order valence-corrected chi connectivity index (χ3v) is 2.50. The molecule has 1 rings (SSSR count). The second-order valence-electron chi connectivity index (χ2n) is 5.67. The molecule has 116 valence electrons. The lowest BCUT2D eigenvalue weighted by Crippen LogP contribution is -2.41. The number of carbonyl (C=O) groups excluding carboxylic acids is 3. The van der Waals surface area contributed by atoms with E-state index in [4.69, 9.17) is 19.1 Å². The van der Waals surface area contributed by atoms with Gasteiger partial charge in [0.05, 0.1) is 19.3 Å². The van der Waals surface area contributed by atoms with E-state index < -0.39 is 0 Å². The second-order valence-corrected chi connectivity index (χ2v) is 5.67. The Morgan fingerprint density at radius 1 is 1.25 bits per heavy atom. The van der Waals surface area contributed by atoms with Gasteiger partial charge in [-0.2, -0.15) is 9.59 Å². The highest BCUT2D eigenvalue weighted by Crippen LogP contribution is 2.11. The van der Waals surface area contributed by atoms with Crippen molar-refractivity contribution in [1.29, 1.82) is 0 Å². The minimum atomic E-state index is -0.213. The Bertz CT molecular complexity index is 307. The van der Waals surface area contributed by atoms with Crippen molar-refractivity contribution in [3.05, 3.63) is 0 Å². The zero-order valence-electron chi connectivity index (χ0n) is 12.7. The molecule has 0 unspecified atom stereocenters. The van der Waals surface area contributed by atoms with Gasteiger partial charge in [0.1, 0.15) is 0 Å². The summed E-state index contributed by atoms with van der Waals surface area (Å²) in [5.41, 5.74) is 0. The molecular formula is C14H25NO5. The first kappa shape index (κ1) is 18.8. The Labute approximate surface area is 120 Å². The van der Waals surface area contributed by atoms with E-state index in [2.05, 4.69) is 33.0 Å². The monoisotopic (exact) mass is 287 g/mol. The first-order valence-electron chi connectivity index (χ1n) is 6.89. The molecular weight excluding hydrogens is 262 g/mol. The van der Waals surface area contributed by atoms with Crippen LogP contribution in [0.2, 0.25) is 0 Å². The van der Waals surface area contributed by atoms with Crippen LogP contribution in [0.4, 0.5) is 0 Å². The molecule has 2 atom stereocenters. The molecule has 1 amide bonds. The Hall–Kier alpha value is -1.23. The molecule has 0 aromatic carbocycles. The van der Waals surface area contributed by atoms with Crippen LogP contribution in [0, 0.1) is 11.8 Å². The largest absolute Gasteiger partial charge is 0.379 e. The molecule has 0 aromatic rings. The highest BCUT2D eigenvalue weighted by atomic mass is 16.6. The van der Waals surface area contributed by atoms with Gasteiger partial charge in [-0.05, 0) is 18.3 Å². The van der Waals surface area contributed by atoms with Crippen LogP contribution in [-0.4, -0.2) is 44.0 Å². The van der Waals surface area contributed by atoms with Crippen LogP contribution in [0.25, 0.3) is 0 Å². The summed E-state index contributed by atoms with van der Waals surface area (Å²) >= 11 is 0. The maximum absolute atomic E-state index is 11.6. The Balaban J connectivity index is 0.00000110. The van der Waals surface area contributed by atoms with Crippen LogP contribution >= 0.6 is 0 Å². The molecule has 20 heavy (non-hydrogen) atoms. The number of hydrogen-bond acceptors (Lipinski definition) is 5. The molecule has 6 heteroatoms. The molecule has 6 nitrogen and oxygen atoms in total. The molecule has 0 aromatic heterocycles. The standard InChI is InChI=1S/C13H25NO3.CO2/c1-9(2)5-11(7-16-6-10(3)4)14-13(15)12-8-17-12;2-1-3/h9-12H,5-8H2,1-4H3,(H,14,15);/t11-,12-;/m0./s1. The van der Waals surface area contributed by atoms with Gasteiger partial charge in [0.25, 0.3) is 5.91 Å². The van der Waals surface area contributed by atoms with Gasteiger partial charge in [-0.15, -0.1) is 0 Å². The molecule has 1 heterocycles. The van der Waals surface area contributed by atoms with Crippen molar-refractivity contribution in [3.8, 4) is 0 Å². The van der Waals surface area contributed by atoms with Crippen molar-refractivity contribution in [3.63, 3.8) is 0 Å². The number of carbonyl (C=O) groups is 1. The summed E-state index contributed by atoms with van der Waals surface area (Å²) < 4.78 is 10.6. The fourth-order valence-electron chi connectivity index (χ4n) is 1.68. The van der Waals surface area contributed by atoms with Crippen molar-refractivity contribution in [2.24, 2.45) is 11.8 Å². The average molecular weight is 287 g/mol. The molecule has 1 saturated heterocycles. The zero-order chi connectivity index (χ0) is 15.5. The number of nitrogens with one attached hydrogen (secondary N) is 1. The first-order valence-corrected chi connectivity index (χ1v) is 6.89. The highest BCUT2D eigenvalue weighted by Gasteiger charge is 2.32. The van der Waals surface area contributed by atoms with Crippen LogP contribution < -0.4 is 5.32 Å². The van der Waals surface area contributed by atoms with Gasteiger partial charge in [0, 0.05) is 6.61 Å². The van der Waals surface area contributed by atoms with Gasteiger partial charge in [0.2, 0.25) is 0 Å². The van der Waals surface area contributed by atoms with Crippen LogP contribution in [0.1, 0.15) is 34.1 Å². The SMILES string of the molecule is CC(C)COC[C@H](CC(C)C)NC(=O)[C@@H]1CO1.O=C=O. The topological polar surface area (TPSA) is 85.0 Å². The molecule has 0 radical (unpaired) electrons. The summed E-state index contributed by atoms with van der Waals surface area (Å²) in [5.74, 6) is 1.07. The maximum Gasteiger partial charge on any atom is 0.373 e. The zero-order valence-corrected chi connectivity index (χ0v) is 12.7. The van der Waals surface area contributed by atoms with Crippen LogP contribution in [0.15, 0.2) is 0 Å². The van der Waals surface area contributed by atoms with E-state index in [-0.39, 0.29) is 24.2 Å². The summed E-state index contributed by atoms with van der Waals surface area (Å²) in [6, 6.07) is 0.102. The first-order chi connectivity index (χ1) is 9.40. The second kappa shape index (κ2) is 10.5. The van der Waals surface area contributed by atoms with Crippen LogP contribution in [-0.2, 0) is 23.9 Å². The number of ether oxygens (including phenoxy) is 2. The van der Waals surface area contributed by atoms with Crippen molar-refractivity contribution < 1.29 is 23.9 Å². The lowest BCUT2D eigenvalue weighted by molar-refractivity contribution is -0.191. The molecule has 0 bridgehead atoms. The predicted molar refractivity (Wildman–Crippen MR) is 71.8 cm³/mol. The summed E-state index contributed by atoms with van der Waals surface area (Å²) in [7, 11) is 0. The molecule has 1 fully saturated rings. The van der Waals surface area contributed by atoms with E-state index in [1.54, 1.807) is 0 Å². The number of rotatable bonds is 8. The van der Waals surface area contributed by atoms with E-state index in [9.17, 15) is 4.79 Å². The van der Waals surface area contributed by atoms with Crippen LogP contribution in [0.3, 0.4) is 0 Å². The van der Waals surface area contributed by atoms with Gasteiger partial charge in [-0.1, -0.05) is 27.7 Å². The lowest BCUT2D eigenvalue weighted by Gasteiger charge is -2.20. The van der Waals surface area contributed by atoms with Gasteiger partial charge in [-0.3, -0.25) is 4.79 Å². The normalized spacial score (nSPS) is 18.0. The summed E-state index contributed by atoms with van der Waals surface area (Å²) in [6.45, 7) is 10.4. The van der Waals surface area contributed by atoms with Gasteiger partial charge >= 0.3 is 6.15 Å². The lowest BCUT2D eigenvalue weighted by atomic mass is 10.0. The Morgan fingerprint density at radius 3 is 2.20 bits per heavy atom. The highest BCUT2D eigenvalue weighted by molar-refractivity contribution is 5.83. The molecule has 0 aliphatic carbocycles. The van der Waals surface area contributed by atoms with Crippen molar-refractivity contribution in [2.45, 2.75) is 46.3 Å². The van der Waals surface area contributed by atoms with Crippen molar-refractivity contribution in [1.82, 2.24) is 5.32 Å². The molecule has 1 aliphatic heterocycles. The maximum atomic E-state index is 11.6. The minimum Gasteiger partial charge on any atom is -0.379 e. The summed E-state index contributed by atoms with van der Waals surface area (Å²) in [6.07, 6.45) is 0.978. The number of epoxide rings is 1. The quantitative estimate of drug-likeness (QED) is 0.673.